The van der Waals surface area contributed by atoms with Crippen LogP contribution in [0.15, 0.2) is 35.2 Å². The van der Waals surface area contributed by atoms with Crippen molar-refractivity contribution in [3.63, 3.8) is 0 Å². The number of aromatic nitrogens is 2. The molecule has 16 heavy (non-hydrogen) atoms. The van der Waals surface area contributed by atoms with Crippen molar-refractivity contribution in [3.05, 3.63) is 30.8 Å². The quantitative estimate of drug-likeness (QED) is 0.853. The molecule has 84 valence electrons. The number of hydrogen-bond donors (Lipinski definition) is 1. The molecule has 2 aromatic heterocycles. The maximum atomic E-state index is 5.33. The summed E-state index contributed by atoms with van der Waals surface area (Å²) in [5.41, 5.74) is 1.04. The molecule has 1 N–H and O–H groups in total. The monoisotopic (exact) mass is 217 g/mol. The van der Waals surface area contributed by atoms with Gasteiger partial charge in [-0.1, -0.05) is 0 Å². The highest BCUT2D eigenvalue weighted by molar-refractivity contribution is 5.54. The van der Waals surface area contributed by atoms with Crippen molar-refractivity contribution in [2.24, 2.45) is 0 Å². The predicted molar refractivity (Wildman–Crippen MR) is 61.0 cm³/mol. The molecule has 0 saturated carbocycles. The number of rotatable bonds is 3. The summed E-state index contributed by atoms with van der Waals surface area (Å²) in [5, 5.41) is 7.82. The molecule has 4 nitrogen and oxygen atoms in total. The van der Waals surface area contributed by atoms with Gasteiger partial charge in [-0.25, -0.2) is 0 Å². The van der Waals surface area contributed by atoms with Gasteiger partial charge in [0, 0.05) is 12.2 Å². The van der Waals surface area contributed by atoms with Gasteiger partial charge in [-0.2, -0.15) is 5.10 Å². The van der Waals surface area contributed by atoms with Crippen LogP contribution in [0.25, 0.3) is 11.3 Å². The molecule has 3 rings (SSSR count). The standard InChI is InChI=1S/C12H15N3O/c1-3-11(13-5-1)9-15-8-10(7-14-15)12-4-2-6-16-12/h2,4,6-8,11,13H,1,3,5,9H2/t11-/m0/s1. The highest BCUT2D eigenvalue weighted by Gasteiger charge is 2.15. The zero-order valence-corrected chi connectivity index (χ0v) is 9.10. The molecule has 0 unspecified atom stereocenters. The van der Waals surface area contributed by atoms with Crippen LogP contribution in [0.5, 0.6) is 0 Å². The van der Waals surface area contributed by atoms with Crippen LogP contribution >= 0.6 is 0 Å². The van der Waals surface area contributed by atoms with Crippen LogP contribution in [0, 0.1) is 0 Å². The van der Waals surface area contributed by atoms with E-state index in [0.717, 1.165) is 24.4 Å². The summed E-state index contributed by atoms with van der Waals surface area (Å²) >= 11 is 0. The third kappa shape index (κ3) is 1.88. The lowest BCUT2D eigenvalue weighted by Gasteiger charge is -2.09. The normalized spacial score (nSPS) is 20.4. The van der Waals surface area contributed by atoms with Gasteiger partial charge in [-0.15, -0.1) is 0 Å². The molecule has 0 amide bonds. The van der Waals surface area contributed by atoms with Crippen molar-refractivity contribution in [1.82, 2.24) is 15.1 Å². The minimum absolute atomic E-state index is 0.573. The Labute approximate surface area is 94.3 Å². The maximum Gasteiger partial charge on any atom is 0.137 e. The van der Waals surface area contributed by atoms with Gasteiger partial charge < -0.3 is 9.73 Å². The minimum atomic E-state index is 0.573. The van der Waals surface area contributed by atoms with Gasteiger partial charge in [-0.05, 0) is 31.5 Å². The van der Waals surface area contributed by atoms with E-state index in [4.69, 9.17) is 4.42 Å². The van der Waals surface area contributed by atoms with Gasteiger partial charge in [0.05, 0.1) is 24.6 Å². The second kappa shape index (κ2) is 4.14. The van der Waals surface area contributed by atoms with Crippen molar-refractivity contribution in [1.29, 1.82) is 0 Å². The predicted octanol–water partition coefficient (Wildman–Crippen LogP) is 1.90. The van der Waals surface area contributed by atoms with E-state index in [1.54, 1.807) is 6.26 Å². The van der Waals surface area contributed by atoms with E-state index in [-0.39, 0.29) is 0 Å². The Morgan fingerprint density at radius 3 is 3.31 bits per heavy atom. The zero-order chi connectivity index (χ0) is 10.8. The summed E-state index contributed by atoms with van der Waals surface area (Å²) in [4.78, 5) is 0. The topological polar surface area (TPSA) is 43.0 Å². The van der Waals surface area contributed by atoms with Gasteiger partial charge in [0.2, 0.25) is 0 Å². The van der Waals surface area contributed by atoms with E-state index < -0.39 is 0 Å². The van der Waals surface area contributed by atoms with Crippen LogP contribution in [-0.4, -0.2) is 22.4 Å². The fourth-order valence-electron chi connectivity index (χ4n) is 2.17. The molecule has 1 aliphatic heterocycles. The van der Waals surface area contributed by atoms with Crippen LogP contribution in [0.2, 0.25) is 0 Å². The number of nitrogens with one attached hydrogen (secondary N) is 1. The van der Waals surface area contributed by atoms with E-state index in [9.17, 15) is 0 Å². The first kappa shape index (κ1) is 9.66. The number of hydrogen-bond acceptors (Lipinski definition) is 3. The number of nitrogens with zero attached hydrogens (tertiary/aromatic N) is 2. The Bertz CT molecular complexity index is 441. The lowest BCUT2D eigenvalue weighted by molar-refractivity contribution is 0.476. The Balaban J connectivity index is 1.72. The Kier molecular flexibility index (Phi) is 2.50. The van der Waals surface area contributed by atoms with Crippen LogP contribution in [-0.2, 0) is 6.54 Å². The van der Waals surface area contributed by atoms with E-state index >= 15 is 0 Å². The summed E-state index contributed by atoms with van der Waals surface area (Å²) in [7, 11) is 0. The fourth-order valence-corrected chi connectivity index (χ4v) is 2.17. The zero-order valence-electron chi connectivity index (χ0n) is 9.10. The molecule has 1 atom stereocenters. The second-order valence-electron chi connectivity index (χ2n) is 4.22. The summed E-state index contributed by atoms with van der Waals surface area (Å²) in [6.45, 7) is 2.08. The van der Waals surface area contributed by atoms with Gasteiger partial charge in [-0.3, -0.25) is 4.68 Å². The highest BCUT2D eigenvalue weighted by atomic mass is 16.3. The molecule has 1 aliphatic rings. The third-order valence-electron chi connectivity index (χ3n) is 3.01. The molecule has 1 fully saturated rings. The molecule has 4 heteroatoms. The Hall–Kier alpha value is -1.55. The van der Waals surface area contributed by atoms with Crippen molar-refractivity contribution >= 4 is 0 Å². The molecule has 3 heterocycles. The molecule has 0 aromatic carbocycles. The maximum absolute atomic E-state index is 5.33. The van der Waals surface area contributed by atoms with E-state index in [1.807, 2.05) is 29.2 Å². The van der Waals surface area contributed by atoms with Crippen molar-refractivity contribution in [3.8, 4) is 11.3 Å². The Morgan fingerprint density at radius 1 is 1.56 bits per heavy atom. The average molecular weight is 217 g/mol. The van der Waals surface area contributed by atoms with Gasteiger partial charge in [0.15, 0.2) is 0 Å². The molecule has 0 radical (unpaired) electrons. The molecule has 0 aliphatic carbocycles. The average Bonchev–Trinajstić information content (AvgIpc) is 2.99. The first-order valence-corrected chi connectivity index (χ1v) is 5.71. The largest absolute Gasteiger partial charge is 0.464 e. The smallest absolute Gasteiger partial charge is 0.137 e. The minimum Gasteiger partial charge on any atom is -0.464 e. The summed E-state index contributed by atoms with van der Waals surface area (Å²) in [5.74, 6) is 0.880. The molecular formula is C12H15N3O. The molecule has 1 saturated heterocycles. The van der Waals surface area contributed by atoms with Crippen LogP contribution in [0.3, 0.4) is 0 Å². The van der Waals surface area contributed by atoms with Gasteiger partial charge >= 0.3 is 0 Å². The summed E-state index contributed by atoms with van der Waals surface area (Å²) in [6.07, 6.45) is 8.10. The molecule has 2 aromatic rings. The van der Waals surface area contributed by atoms with E-state index in [1.165, 1.54) is 12.8 Å². The highest BCUT2D eigenvalue weighted by Crippen LogP contribution is 2.19. The third-order valence-corrected chi connectivity index (χ3v) is 3.01. The SMILES string of the molecule is c1coc(-c2cnn(C[C@@H]3CCCN3)c2)c1. The molecule has 0 spiro atoms. The Morgan fingerprint density at radius 2 is 2.56 bits per heavy atom. The van der Waals surface area contributed by atoms with Gasteiger partial charge in [0.25, 0.3) is 0 Å². The van der Waals surface area contributed by atoms with Crippen molar-refractivity contribution in [2.75, 3.05) is 6.54 Å². The van der Waals surface area contributed by atoms with E-state index in [2.05, 4.69) is 10.4 Å². The fraction of sp³-hybridized carbons (Fsp3) is 0.417. The lowest BCUT2D eigenvalue weighted by atomic mass is 10.2. The second-order valence-corrected chi connectivity index (χ2v) is 4.22. The lowest BCUT2D eigenvalue weighted by Crippen LogP contribution is -2.26. The molecular weight excluding hydrogens is 202 g/mol. The van der Waals surface area contributed by atoms with Crippen molar-refractivity contribution in [2.45, 2.75) is 25.4 Å². The first-order valence-electron chi connectivity index (χ1n) is 5.71. The summed E-state index contributed by atoms with van der Waals surface area (Å²) < 4.78 is 7.32. The summed E-state index contributed by atoms with van der Waals surface area (Å²) in [6, 6.07) is 4.42. The van der Waals surface area contributed by atoms with Crippen molar-refractivity contribution < 1.29 is 4.42 Å². The first-order chi connectivity index (χ1) is 7.92. The van der Waals surface area contributed by atoms with Crippen LogP contribution in [0.4, 0.5) is 0 Å². The van der Waals surface area contributed by atoms with Crippen LogP contribution < -0.4 is 5.32 Å². The molecule has 0 bridgehead atoms. The van der Waals surface area contributed by atoms with Gasteiger partial charge in [0.1, 0.15) is 5.76 Å². The number of furan rings is 1. The van der Waals surface area contributed by atoms with E-state index in [0.29, 0.717) is 6.04 Å². The van der Waals surface area contributed by atoms with Crippen LogP contribution in [0.1, 0.15) is 12.8 Å².